The van der Waals surface area contributed by atoms with Crippen LogP contribution in [0.3, 0.4) is 0 Å². The first-order chi connectivity index (χ1) is 37.7. The predicted molar refractivity (Wildman–Crippen MR) is 257 cm³/mol. The number of benzene rings is 2. The molecule has 0 spiro atoms. The summed E-state index contributed by atoms with van der Waals surface area (Å²) in [5.41, 5.74) is 0.947. The summed E-state index contributed by atoms with van der Waals surface area (Å²) >= 11 is 5.88. The van der Waals surface area contributed by atoms with Crippen molar-refractivity contribution in [2.75, 3.05) is 79.2 Å². The van der Waals surface area contributed by atoms with Crippen LogP contribution in [0.15, 0.2) is 30.5 Å². The predicted octanol–water partition coefficient (Wildman–Crippen LogP) is 0.558. The van der Waals surface area contributed by atoms with Gasteiger partial charge in [-0.15, -0.1) is 5.10 Å². The van der Waals surface area contributed by atoms with E-state index in [0.29, 0.717) is 22.7 Å². The van der Waals surface area contributed by atoms with Crippen LogP contribution in [0, 0.1) is 29.1 Å². The lowest BCUT2D eigenvalue weighted by atomic mass is 9.88. The van der Waals surface area contributed by atoms with Crippen LogP contribution < -0.4 is 15.4 Å². The monoisotopic (exact) mass is 1160 g/mol. The number of carboxylic acids is 2. The van der Waals surface area contributed by atoms with E-state index in [1.165, 1.54) is 9.58 Å². The van der Waals surface area contributed by atoms with Crippen molar-refractivity contribution in [3.63, 3.8) is 0 Å². The molecule has 79 heavy (non-hydrogen) atoms. The molecule has 1 saturated heterocycles. The highest BCUT2D eigenvalue weighted by atomic mass is 35.5. The molecule has 0 unspecified atom stereocenters. The molecule has 31 heteroatoms. The van der Waals surface area contributed by atoms with Crippen molar-refractivity contribution >= 4 is 47.2 Å². The van der Waals surface area contributed by atoms with Crippen molar-refractivity contribution in [2.45, 2.75) is 101 Å². The zero-order valence-corrected chi connectivity index (χ0v) is 43.1. The number of aliphatic hydroxyl groups excluding tert-OH is 4. The van der Waals surface area contributed by atoms with Crippen molar-refractivity contribution in [1.82, 2.24) is 30.5 Å². The van der Waals surface area contributed by atoms with Gasteiger partial charge >= 0.3 is 17.9 Å². The number of carbonyl (C=O) groups excluding carboxylic acids is 4. The van der Waals surface area contributed by atoms with Crippen LogP contribution in [0.1, 0.15) is 56.2 Å². The van der Waals surface area contributed by atoms with Crippen molar-refractivity contribution in [1.29, 1.82) is 0 Å². The van der Waals surface area contributed by atoms with Gasteiger partial charge in [-0.1, -0.05) is 35.4 Å². The number of halogens is 6. The number of nitrogens with zero attached hydrogens (tertiary/aromatic N) is 4. The maximum Gasteiger partial charge on any atom is 0.364 e. The first-order valence-electron chi connectivity index (χ1n) is 24.6. The van der Waals surface area contributed by atoms with Crippen LogP contribution in [-0.2, 0) is 76.7 Å². The van der Waals surface area contributed by atoms with E-state index in [4.69, 9.17) is 40.0 Å². The number of nitrogens with one attached hydrogen (secondary N) is 2. The lowest BCUT2D eigenvalue weighted by molar-refractivity contribution is -0.310. The number of carboxylic acid groups (broad SMARTS) is 2. The van der Waals surface area contributed by atoms with Crippen LogP contribution >= 0.6 is 11.6 Å². The molecule has 1 aliphatic heterocycles. The number of hydrogen-bond donors (Lipinski definition) is 8. The van der Waals surface area contributed by atoms with Gasteiger partial charge in [0.15, 0.2) is 0 Å². The Kier molecular flexibility index (Phi) is 27.8. The van der Waals surface area contributed by atoms with E-state index >= 15 is 0 Å². The molecule has 0 aliphatic carbocycles. The van der Waals surface area contributed by atoms with Gasteiger partial charge in [0, 0.05) is 31.0 Å². The number of aliphatic hydroxyl groups is 4. The van der Waals surface area contributed by atoms with Gasteiger partial charge < -0.3 is 79.3 Å². The van der Waals surface area contributed by atoms with Crippen LogP contribution in [0.4, 0.5) is 22.0 Å². The van der Waals surface area contributed by atoms with Crippen LogP contribution in [0.5, 0.6) is 5.75 Å². The van der Waals surface area contributed by atoms with Gasteiger partial charge in [-0.3, -0.25) is 24.0 Å². The molecule has 6 atom stereocenters. The Balaban J connectivity index is 1.12. The highest BCUT2D eigenvalue weighted by molar-refractivity contribution is 6.30. The molecule has 440 valence electrons. The number of amides is 3. The van der Waals surface area contributed by atoms with Crippen molar-refractivity contribution < 1.29 is 115 Å². The zero-order chi connectivity index (χ0) is 58.1. The Bertz CT molecular complexity index is 2440. The van der Waals surface area contributed by atoms with Gasteiger partial charge in [-0.2, -0.15) is 8.78 Å². The largest absolute Gasteiger partial charge is 0.481 e. The normalized spacial score (nSPS) is 17.9. The summed E-state index contributed by atoms with van der Waals surface area (Å²) in [6.45, 7) is -1.15. The first-order valence-corrected chi connectivity index (χ1v) is 25.0. The molecule has 1 aliphatic rings. The Hall–Kier alpha value is -6.06. The first kappa shape index (κ1) is 65.5. The zero-order valence-electron chi connectivity index (χ0n) is 42.4. The second-order valence-electron chi connectivity index (χ2n) is 17.5. The van der Waals surface area contributed by atoms with Crippen LogP contribution in [0.2, 0.25) is 5.02 Å². The highest BCUT2D eigenvalue weighted by Gasteiger charge is 2.56. The van der Waals surface area contributed by atoms with Gasteiger partial charge in [0.05, 0.1) is 116 Å². The number of carbonyl (C=O) groups is 6. The van der Waals surface area contributed by atoms with E-state index in [9.17, 15) is 81.4 Å². The van der Waals surface area contributed by atoms with E-state index < -0.39 is 133 Å². The number of aliphatic carboxylic acids is 2. The summed E-state index contributed by atoms with van der Waals surface area (Å²) in [6, 6.07) is 4.82. The lowest BCUT2D eigenvalue weighted by Crippen LogP contribution is -2.68. The second kappa shape index (κ2) is 33.5. The standard InChI is InChI=1S/C48H62ClF5N6O19/c49-29-7-5-28(6-8-29)22-33(64)55-24-32(63)44(70)46-43(56-34(65)27-61)31(62)23-48(79-46,47(71)72)77-13-3-1-2-4-35(66)59(11-9-36(67)68)25-30-26-60(58-57-30)12-15-74-17-19-76-21-20-75-18-16-73-14-10-37(69)78-45-41(53)39(51)38(50)40(52)42(45)54/h5-8,26,31-32,43-44,46,61-63,70H,1-4,9-25,27H2,(H,55,64)(H,56,65)(H,67,68)(H,71,72)/t31-,32+,43+,44+,46+,48+/m1/s1. The molecule has 1 aromatic heterocycles. The quantitative estimate of drug-likeness (QED) is 0.00976. The molecule has 3 aromatic rings. The number of hydrogen-bond acceptors (Lipinski definition) is 19. The molecule has 4 rings (SSSR count). The van der Waals surface area contributed by atoms with Gasteiger partial charge in [0.1, 0.15) is 24.5 Å². The summed E-state index contributed by atoms with van der Waals surface area (Å²) in [6.07, 6.45) is -7.06. The summed E-state index contributed by atoms with van der Waals surface area (Å²) in [5, 5.41) is 75.3. The van der Waals surface area contributed by atoms with E-state index in [2.05, 4.69) is 25.7 Å². The molecular formula is C48H62ClF5N6O19. The summed E-state index contributed by atoms with van der Waals surface area (Å²) in [4.78, 5) is 75.2. The molecule has 0 radical (unpaired) electrons. The Morgan fingerprint density at radius 1 is 0.797 bits per heavy atom. The molecule has 3 amide bonds. The van der Waals surface area contributed by atoms with Gasteiger partial charge in [0.2, 0.25) is 52.6 Å². The molecule has 1 fully saturated rings. The van der Waals surface area contributed by atoms with E-state index in [1.807, 2.05) is 0 Å². The third kappa shape index (κ3) is 21.5. The van der Waals surface area contributed by atoms with Crippen molar-refractivity contribution in [2.24, 2.45) is 0 Å². The number of esters is 1. The SMILES string of the molecule is O=C(O)CCN(Cc1cn(CCOCCOCCOCCOCCC(=O)Oc2c(F)c(F)c(F)c(F)c2F)nn1)C(=O)CCCCCO[C@@]1(C(=O)O)C[C@@H](O)[C@H](NC(=O)CO)[C@@H]([C@@H](O)[C@@H](O)CNC(=O)Cc2ccc(Cl)cc2)O1. The fourth-order valence-corrected chi connectivity index (χ4v) is 7.58. The van der Waals surface area contributed by atoms with Crippen LogP contribution in [-0.4, -0.2) is 202 Å². The summed E-state index contributed by atoms with van der Waals surface area (Å²) < 4.78 is 106. The smallest absolute Gasteiger partial charge is 0.364 e. The third-order valence-corrected chi connectivity index (χ3v) is 11.8. The molecule has 0 bridgehead atoms. The summed E-state index contributed by atoms with van der Waals surface area (Å²) in [5.74, 6) is -21.9. The van der Waals surface area contributed by atoms with E-state index in [-0.39, 0.29) is 111 Å². The van der Waals surface area contributed by atoms with Gasteiger partial charge in [0.25, 0.3) is 5.79 Å². The highest BCUT2D eigenvalue weighted by Crippen LogP contribution is 2.34. The Labute approximate surface area is 452 Å². The van der Waals surface area contributed by atoms with Crippen molar-refractivity contribution in [3.05, 3.63) is 75.8 Å². The molecule has 8 N–H and O–H groups in total. The number of ether oxygens (including phenoxy) is 7. The number of rotatable bonds is 37. The average molecular weight is 1160 g/mol. The fourth-order valence-electron chi connectivity index (χ4n) is 7.46. The average Bonchev–Trinajstić information content (AvgIpc) is 3.93. The second-order valence-corrected chi connectivity index (χ2v) is 17.9. The Morgan fingerprint density at radius 2 is 1.41 bits per heavy atom. The number of aromatic nitrogens is 3. The van der Waals surface area contributed by atoms with E-state index in [1.54, 1.807) is 30.5 Å². The molecule has 0 saturated carbocycles. The topological polar surface area (TPSA) is 346 Å². The van der Waals surface area contributed by atoms with Crippen LogP contribution in [0.25, 0.3) is 0 Å². The summed E-state index contributed by atoms with van der Waals surface area (Å²) in [7, 11) is 0. The Morgan fingerprint density at radius 3 is 2.01 bits per heavy atom. The minimum absolute atomic E-state index is 0.00535. The van der Waals surface area contributed by atoms with Gasteiger partial charge in [-0.25, -0.2) is 22.6 Å². The molecule has 2 heterocycles. The van der Waals surface area contributed by atoms with Crippen molar-refractivity contribution in [3.8, 4) is 5.75 Å². The third-order valence-electron chi connectivity index (χ3n) is 11.6. The maximum atomic E-state index is 13.7. The lowest BCUT2D eigenvalue weighted by Gasteiger charge is -2.46. The fraction of sp³-hybridized carbons (Fsp3) is 0.583. The number of unbranched alkanes of at least 4 members (excludes halogenated alkanes) is 2. The molecule has 2 aromatic carbocycles. The molecular weight excluding hydrogens is 1090 g/mol. The molecule has 25 nitrogen and oxygen atoms in total. The van der Waals surface area contributed by atoms with Gasteiger partial charge in [-0.05, 0) is 30.5 Å². The minimum atomic E-state index is -2.61. The minimum Gasteiger partial charge on any atom is -0.481 e. The maximum absolute atomic E-state index is 13.7. The van der Waals surface area contributed by atoms with E-state index in [0.717, 1.165) is 0 Å².